The van der Waals surface area contributed by atoms with Gasteiger partial charge in [0.05, 0.1) is 11.4 Å². The molecule has 21 heavy (non-hydrogen) atoms. The van der Waals surface area contributed by atoms with Gasteiger partial charge in [0.15, 0.2) is 0 Å². The Hall–Kier alpha value is -2.28. The molecule has 1 aromatic carbocycles. The van der Waals surface area contributed by atoms with E-state index in [1.54, 1.807) is 24.3 Å². The first kappa shape index (κ1) is 15.1. The van der Waals surface area contributed by atoms with Crippen molar-refractivity contribution in [2.75, 3.05) is 10.5 Å². The van der Waals surface area contributed by atoms with Gasteiger partial charge in [-0.25, -0.2) is 8.42 Å². The number of benzene rings is 1. The van der Waals surface area contributed by atoms with E-state index in [1.165, 1.54) is 22.9 Å². The van der Waals surface area contributed by atoms with Crippen LogP contribution in [0.4, 0.5) is 11.4 Å². The van der Waals surface area contributed by atoms with Gasteiger partial charge in [0.25, 0.3) is 5.56 Å². The van der Waals surface area contributed by atoms with Crippen LogP contribution in [-0.2, 0) is 22.3 Å². The van der Waals surface area contributed by atoms with E-state index in [2.05, 4.69) is 4.72 Å². The van der Waals surface area contributed by atoms with Gasteiger partial charge in [-0.3, -0.25) is 9.52 Å². The molecule has 3 N–H and O–H groups in total. The second kappa shape index (κ2) is 6.01. The van der Waals surface area contributed by atoms with Crippen LogP contribution in [0.3, 0.4) is 0 Å². The Bertz CT molecular complexity index is 780. The molecule has 1 aromatic heterocycles. The maximum Gasteiger partial charge on any atom is 0.250 e. The number of pyridine rings is 1. The van der Waals surface area contributed by atoms with Crippen LogP contribution in [0.1, 0.15) is 12.5 Å². The molecule has 0 fully saturated rings. The Morgan fingerprint density at radius 1 is 1.14 bits per heavy atom. The van der Waals surface area contributed by atoms with E-state index >= 15 is 0 Å². The summed E-state index contributed by atoms with van der Waals surface area (Å²) >= 11 is 0. The first-order valence-electron chi connectivity index (χ1n) is 6.45. The normalized spacial score (nSPS) is 11.3. The van der Waals surface area contributed by atoms with Crippen molar-refractivity contribution in [2.24, 2.45) is 0 Å². The topological polar surface area (TPSA) is 94.2 Å². The van der Waals surface area contributed by atoms with E-state index in [4.69, 9.17) is 5.73 Å². The number of aromatic nitrogens is 1. The van der Waals surface area contributed by atoms with Gasteiger partial charge in [0, 0.05) is 24.5 Å². The van der Waals surface area contributed by atoms with Crippen molar-refractivity contribution in [2.45, 2.75) is 19.2 Å². The minimum absolute atomic E-state index is 0.154. The van der Waals surface area contributed by atoms with Crippen LogP contribution >= 0.6 is 0 Å². The molecule has 112 valence electrons. The standard InChI is InChI=1S/C14H17N3O3S/c1-2-17-9-13(7-8-14(17)18)16-21(19,20)10-11-3-5-12(15)6-4-11/h3-9,16H,2,10,15H2,1H3. The first-order valence-corrected chi connectivity index (χ1v) is 8.10. The molecule has 0 aliphatic carbocycles. The summed E-state index contributed by atoms with van der Waals surface area (Å²) in [6.07, 6.45) is 1.49. The lowest BCUT2D eigenvalue weighted by Crippen LogP contribution is -2.20. The van der Waals surface area contributed by atoms with E-state index in [0.29, 0.717) is 23.5 Å². The van der Waals surface area contributed by atoms with E-state index in [-0.39, 0.29) is 11.3 Å². The van der Waals surface area contributed by atoms with Crippen molar-refractivity contribution in [1.82, 2.24) is 4.57 Å². The van der Waals surface area contributed by atoms with Gasteiger partial charge in [-0.2, -0.15) is 0 Å². The number of hydrogen-bond donors (Lipinski definition) is 2. The zero-order valence-electron chi connectivity index (χ0n) is 11.6. The molecular formula is C14H17N3O3S. The van der Waals surface area contributed by atoms with E-state index in [0.717, 1.165) is 0 Å². The maximum absolute atomic E-state index is 12.1. The molecule has 6 nitrogen and oxygen atoms in total. The smallest absolute Gasteiger partial charge is 0.250 e. The van der Waals surface area contributed by atoms with Crippen LogP contribution in [0, 0.1) is 0 Å². The second-order valence-corrected chi connectivity index (χ2v) is 6.37. The Morgan fingerprint density at radius 3 is 2.43 bits per heavy atom. The number of anilines is 2. The summed E-state index contributed by atoms with van der Waals surface area (Å²) in [5.41, 5.74) is 6.98. The third kappa shape index (κ3) is 4.09. The van der Waals surface area contributed by atoms with Crippen molar-refractivity contribution in [3.05, 3.63) is 58.5 Å². The molecule has 0 aliphatic rings. The van der Waals surface area contributed by atoms with Gasteiger partial charge in [-0.15, -0.1) is 0 Å². The summed E-state index contributed by atoms with van der Waals surface area (Å²) in [5.74, 6) is -0.154. The highest BCUT2D eigenvalue weighted by Gasteiger charge is 2.12. The van der Waals surface area contributed by atoms with E-state index in [1.807, 2.05) is 6.92 Å². The quantitative estimate of drug-likeness (QED) is 0.816. The highest BCUT2D eigenvalue weighted by atomic mass is 32.2. The Balaban J connectivity index is 2.17. The third-order valence-corrected chi connectivity index (χ3v) is 4.19. The molecular weight excluding hydrogens is 290 g/mol. The molecule has 2 rings (SSSR count). The molecule has 0 radical (unpaired) electrons. The first-order chi connectivity index (χ1) is 9.89. The number of nitrogens with two attached hydrogens (primary N) is 1. The lowest BCUT2D eigenvalue weighted by atomic mass is 10.2. The molecule has 0 atom stereocenters. The zero-order chi connectivity index (χ0) is 15.5. The molecule has 0 spiro atoms. The van der Waals surface area contributed by atoms with Gasteiger partial charge in [-0.05, 0) is 30.7 Å². The van der Waals surface area contributed by atoms with Crippen LogP contribution < -0.4 is 16.0 Å². The summed E-state index contributed by atoms with van der Waals surface area (Å²) in [6, 6.07) is 9.44. The molecule has 2 aromatic rings. The fourth-order valence-electron chi connectivity index (χ4n) is 1.89. The number of rotatable bonds is 5. The Morgan fingerprint density at radius 2 is 1.81 bits per heavy atom. The summed E-state index contributed by atoms with van der Waals surface area (Å²) < 4.78 is 28.1. The summed E-state index contributed by atoms with van der Waals surface area (Å²) in [7, 11) is -3.54. The number of sulfonamides is 1. The van der Waals surface area contributed by atoms with Gasteiger partial charge in [-0.1, -0.05) is 12.1 Å². The fraction of sp³-hybridized carbons (Fsp3) is 0.214. The lowest BCUT2D eigenvalue weighted by molar-refractivity contribution is 0.600. The van der Waals surface area contributed by atoms with Crippen LogP contribution in [0.5, 0.6) is 0 Å². The molecule has 0 saturated carbocycles. The largest absolute Gasteiger partial charge is 0.399 e. The average molecular weight is 307 g/mol. The minimum Gasteiger partial charge on any atom is -0.399 e. The molecule has 0 bridgehead atoms. The SMILES string of the molecule is CCn1cc(NS(=O)(=O)Cc2ccc(N)cc2)ccc1=O. The zero-order valence-corrected chi connectivity index (χ0v) is 12.4. The number of hydrogen-bond acceptors (Lipinski definition) is 4. The average Bonchev–Trinajstić information content (AvgIpc) is 2.43. The molecule has 0 saturated heterocycles. The maximum atomic E-state index is 12.1. The van der Waals surface area contributed by atoms with Crippen molar-refractivity contribution in [3.8, 4) is 0 Å². The second-order valence-electron chi connectivity index (χ2n) is 4.64. The van der Waals surface area contributed by atoms with Crippen molar-refractivity contribution < 1.29 is 8.42 Å². The lowest BCUT2D eigenvalue weighted by Gasteiger charge is -2.10. The van der Waals surface area contributed by atoms with Crippen LogP contribution in [0.25, 0.3) is 0 Å². The minimum atomic E-state index is -3.54. The highest BCUT2D eigenvalue weighted by Crippen LogP contribution is 2.13. The van der Waals surface area contributed by atoms with Gasteiger partial charge >= 0.3 is 0 Å². The summed E-state index contributed by atoms with van der Waals surface area (Å²) in [4.78, 5) is 11.5. The molecule has 0 amide bonds. The molecule has 0 unspecified atom stereocenters. The number of aryl methyl sites for hydroxylation is 1. The number of nitrogen functional groups attached to an aromatic ring is 1. The summed E-state index contributed by atoms with van der Waals surface area (Å²) in [6.45, 7) is 2.29. The predicted octanol–water partition coefficient (Wildman–Crippen LogP) is 1.39. The number of nitrogens with zero attached hydrogens (tertiary/aromatic N) is 1. The van der Waals surface area contributed by atoms with Crippen molar-refractivity contribution in [1.29, 1.82) is 0 Å². The Kier molecular flexibility index (Phi) is 4.32. The van der Waals surface area contributed by atoms with Crippen molar-refractivity contribution >= 4 is 21.4 Å². The highest BCUT2D eigenvalue weighted by molar-refractivity contribution is 7.91. The van der Waals surface area contributed by atoms with Gasteiger partial charge in [0.1, 0.15) is 0 Å². The predicted molar refractivity (Wildman–Crippen MR) is 83.5 cm³/mol. The van der Waals surface area contributed by atoms with Gasteiger partial charge in [0.2, 0.25) is 10.0 Å². The fourth-order valence-corrected chi connectivity index (χ4v) is 3.07. The van der Waals surface area contributed by atoms with Crippen molar-refractivity contribution in [3.63, 3.8) is 0 Å². The van der Waals surface area contributed by atoms with Crippen LogP contribution in [-0.4, -0.2) is 13.0 Å². The molecule has 7 heteroatoms. The molecule has 1 heterocycles. The number of nitrogens with one attached hydrogen (secondary N) is 1. The summed E-state index contributed by atoms with van der Waals surface area (Å²) in [5, 5.41) is 0. The van der Waals surface area contributed by atoms with E-state index in [9.17, 15) is 13.2 Å². The van der Waals surface area contributed by atoms with E-state index < -0.39 is 10.0 Å². The van der Waals surface area contributed by atoms with Crippen LogP contribution in [0.15, 0.2) is 47.4 Å². The molecule has 0 aliphatic heterocycles. The van der Waals surface area contributed by atoms with Gasteiger partial charge < -0.3 is 10.3 Å². The monoisotopic (exact) mass is 307 g/mol. The third-order valence-electron chi connectivity index (χ3n) is 2.93. The Labute approximate surface area is 123 Å². The van der Waals surface area contributed by atoms with Crippen LogP contribution in [0.2, 0.25) is 0 Å².